The van der Waals surface area contributed by atoms with Gasteiger partial charge in [-0.1, -0.05) is 36.0 Å². The van der Waals surface area contributed by atoms with E-state index in [9.17, 15) is 4.39 Å². The predicted octanol–water partition coefficient (Wildman–Crippen LogP) is 4.32. The van der Waals surface area contributed by atoms with Crippen LogP contribution in [0.2, 0.25) is 10.0 Å². The average molecular weight is 262 g/mol. The predicted molar refractivity (Wildman–Crippen MR) is 65.3 cm³/mol. The highest BCUT2D eigenvalue weighted by Gasteiger charge is 2.27. The quantitative estimate of drug-likeness (QED) is 0.789. The lowest BCUT2D eigenvalue weighted by Gasteiger charge is -2.21. The standard InChI is InChI=1S/C12H14Cl2FN/c13-8-5-6-9(15)10(11(8)14)12(16)7-3-1-2-4-7/h5-7,12H,1-4,16H2/t12-/m0/s1. The molecule has 1 aliphatic rings. The van der Waals surface area contributed by atoms with Gasteiger partial charge in [-0.05, 0) is 30.9 Å². The van der Waals surface area contributed by atoms with Crippen LogP contribution < -0.4 is 5.73 Å². The third-order valence-corrected chi connectivity index (χ3v) is 4.14. The van der Waals surface area contributed by atoms with Crippen LogP contribution >= 0.6 is 23.2 Å². The van der Waals surface area contributed by atoms with Gasteiger partial charge >= 0.3 is 0 Å². The number of hydrogen-bond donors (Lipinski definition) is 1. The molecule has 1 atom stereocenters. The van der Waals surface area contributed by atoms with Crippen molar-refractivity contribution in [3.8, 4) is 0 Å². The van der Waals surface area contributed by atoms with Crippen LogP contribution in [0.15, 0.2) is 12.1 Å². The summed E-state index contributed by atoms with van der Waals surface area (Å²) >= 11 is 11.9. The van der Waals surface area contributed by atoms with Crippen molar-refractivity contribution in [2.45, 2.75) is 31.7 Å². The van der Waals surface area contributed by atoms with Gasteiger partial charge in [-0.15, -0.1) is 0 Å². The second kappa shape index (κ2) is 4.91. The first-order valence-corrected chi connectivity index (χ1v) is 6.26. The van der Waals surface area contributed by atoms with E-state index < -0.39 is 0 Å². The minimum atomic E-state index is -0.353. The van der Waals surface area contributed by atoms with Crippen molar-refractivity contribution in [3.63, 3.8) is 0 Å². The molecule has 88 valence electrons. The molecule has 0 aliphatic heterocycles. The number of rotatable bonds is 2. The average Bonchev–Trinajstić information content (AvgIpc) is 2.77. The van der Waals surface area contributed by atoms with E-state index in [0.29, 0.717) is 16.5 Å². The van der Waals surface area contributed by atoms with Gasteiger partial charge in [-0.25, -0.2) is 4.39 Å². The summed E-state index contributed by atoms with van der Waals surface area (Å²) < 4.78 is 13.7. The molecule has 1 nitrogen and oxygen atoms in total. The summed E-state index contributed by atoms with van der Waals surface area (Å²) in [7, 11) is 0. The van der Waals surface area contributed by atoms with Crippen molar-refractivity contribution in [1.82, 2.24) is 0 Å². The second-order valence-corrected chi connectivity index (χ2v) is 5.11. The maximum atomic E-state index is 13.7. The fourth-order valence-electron chi connectivity index (χ4n) is 2.40. The summed E-state index contributed by atoms with van der Waals surface area (Å²) in [5, 5.41) is 0.632. The lowest BCUT2D eigenvalue weighted by Crippen LogP contribution is -2.21. The molecule has 0 aromatic heterocycles. The van der Waals surface area contributed by atoms with Crippen molar-refractivity contribution in [3.05, 3.63) is 33.6 Å². The SMILES string of the molecule is N[C@H](c1c(F)ccc(Cl)c1Cl)C1CCCC1. The maximum Gasteiger partial charge on any atom is 0.129 e. The van der Waals surface area contributed by atoms with Gasteiger partial charge in [0.15, 0.2) is 0 Å². The molecule has 0 amide bonds. The fourth-order valence-corrected chi connectivity index (χ4v) is 2.84. The molecule has 0 unspecified atom stereocenters. The van der Waals surface area contributed by atoms with Crippen molar-refractivity contribution in [2.75, 3.05) is 0 Å². The van der Waals surface area contributed by atoms with Crippen LogP contribution in [0.25, 0.3) is 0 Å². The zero-order chi connectivity index (χ0) is 11.7. The smallest absolute Gasteiger partial charge is 0.129 e. The van der Waals surface area contributed by atoms with Gasteiger partial charge in [0.2, 0.25) is 0 Å². The Morgan fingerprint density at radius 2 is 1.88 bits per heavy atom. The minimum Gasteiger partial charge on any atom is -0.324 e. The molecule has 1 aromatic rings. The molecule has 0 spiro atoms. The van der Waals surface area contributed by atoms with Crippen molar-refractivity contribution < 1.29 is 4.39 Å². The highest BCUT2D eigenvalue weighted by Crippen LogP contribution is 2.39. The fraction of sp³-hybridized carbons (Fsp3) is 0.500. The van der Waals surface area contributed by atoms with Crippen LogP contribution in [-0.4, -0.2) is 0 Å². The van der Waals surface area contributed by atoms with Gasteiger partial charge < -0.3 is 5.73 Å². The monoisotopic (exact) mass is 261 g/mol. The number of hydrogen-bond acceptors (Lipinski definition) is 1. The molecule has 4 heteroatoms. The summed E-state index contributed by atoms with van der Waals surface area (Å²) in [6, 6.07) is 2.45. The largest absolute Gasteiger partial charge is 0.324 e. The van der Waals surface area contributed by atoms with E-state index in [2.05, 4.69) is 0 Å². The van der Waals surface area contributed by atoms with E-state index in [1.54, 1.807) is 0 Å². The van der Waals surface area contributed by atoms with E-state index >= 15 is 0 Å². The Kier molecular flexibility index (Phi) is 3.73. The molecule has 1 aliphatic carbocycles. The van der Waals surface area contributed by atoms with Crippen LogP contribution in [0.5, 0.6) is 0 Å². The molecule has 2 N–H and O–H groups in total. The lowest BCUT2D eigenvalue weighted by molar-refractivity contribution is 0.429. The van der Waals surface area contributed by atoms with Crippen LogP contribution in [0.3, 0.4) is 0 Å². The molecule has 1 aromatic carbocycles. The third kappa shape index (κ3) is 2.20. The first-order chi connectivity index (χ1) is 7.61. The molecule has 1 saturated carbocycles. The van der Waals surface area contributed by atoms with E-state index in [-0.39, 0.29) is 16.9 Å². The van der Waals surface area contributed by atoms with Gasteiger partial charge in [-0.3, -0.25) is 0 Å². The Morgan fingerprint density at radius 1 is 1.25 bits per heavy atom. The molecule has 0 radical (unpaired) electrons. The highest BCUT2D eigenvalue weighted by molar-refractivity contribution is 6.42. The highest BCUT2D eigenvalue weighted by atomic mass is 35.5. The van der Waals surface area contributed by atoms with E-state index in [1.165, 1.54) is 12.1 Å². The number of benzene rings is 1. The molecule has 16 heavy (non-hydrogen) atoms. The Labute approximate surface area is 105 Å². The van der Waals surface area contributed by atoms with Crippen molar-refractivity contribution in [2.24, 2.45) is 11.7 Å². The first kappa shape index (κ1) is 12.2. The van der Waals surface area contributed by atoms with Crippen molar-refractivity contribution in [1.29, 1.82) is 0 Å². The van der Waals surface area contributed by atoms with E-state index in [0.717, 1.165) is 25.7 Å². The third-order valence-electron chi connectivity index (χ3n) is 3.32. The Hall–Kier alpha value is -0.310. The molecule has 0 heterocycles. The van der Waals surface area contributed by atoms with Gasteiger partial charge in [0, 0.05) is 11.6 Å². The number of halogens is 3. The maximum absolute atomic E-state index is 13.7. The normalized spacial score (nSPS) is 19.0. The summed E-state index contributed by atoms with van der Waals surface area (Å²) in [5.74, 6) is -0.0285. The molecule has 0 saturated heterocycles. The van der Waals surface area contributed by atoms with Crippen LogP contribution in [0, 0.1) is 11.7 Å². The summed E-state index contributed by atoms with van der Waals surface area (Å²) in [6.45, 7) is 0. The Bertz CT molecular complexity index is 389. The zero-order valence-corrected chi connectivity index (χ0v) is 10.4. The van der Waals surface area contributed by atoms with Crippen molar-refractivity contribution >= 4 is 23.2 Å². The van der Waals surface area contributed by atoms with Crippen LogP contribution in [0.4, 0.5) is 4.39 Å². The lowest BCUT2D eigenvalue weighted by atomic mass is 9.92. The van der Waals surface area contributed by atoms with Gasteiger partial charge in [-0.2, -0.15) is 0 Å². The Morgan fingerprint density at radius 3 is 2.50 bits per heavy atom. The van der Waals surface area contributed by atoms with Crippen LogP contribution in [-0.2, 0) is 0 Å². The zero-order valence-electron chi connectivity index (χ0n) is 8.85. The number of nitrogens with two attached hydrogens (primary N) is 1. The summed E-state index contributed by atoms with van der Waals surface area (Å²) in [4.78, 5) is 0. The van der Waals surface area contributed by atoms with E-state index in [1.807, 2.05) is 0 Å². The molecular weight excluding hydrogens is 248 g/mol. The topological polar surface area (TPSA) is 26.0 Å². The van der Waals surface area contributed by atoms with Gasteiger partial charge in [0.05, 0.1) is 10.0 Å². The summed E-state index contributed by atoms with van der Waals surface area (Å²) in [6.07, 6.45) is 4.42. The minimum absolute atomic E-state index is 0.265. The second-order valence-electron chi connectivity index (χ2n) is 4.33. The van der Waals surface area contributed by atoms with Gasteiger partial charge in [0.1, 0.15) is 5.82 Å². The first-order valence-electron chi connectivity index (χ1n) is 5.50. The van der Waals surface area contributed by atoms with Crippen LogP contribution in [0.1, 0.15) is 37.3 Å². The summed E-state index contributed by atoms with van der Waals surface area (Å²) in [5.41, 5.74) is 6.46. The Balaban J connectivity index is 2.34. The molecule has 1 fully saturated rings. The van der Waals surface area contributed by atoms with Gasteiger partial charge in [0.25, 0.3) is 0 Å². The van der Waals surface area contributed by atoms with E-state index in [4.69, 9.17) is 28.9 Å². The molecule has 0 bridgehead atoms. The molecular formula is C12H14Cl2FN. The molecule has 2 rings (SSSR count).